The summed E-state index contributed by atoms with van der Waals surface area (Å²) in [6, 6.07) is 7.06. The zero-order chi connectivity index (χ0) is 12.0. The lowest BCUT2D eigenvalue weighted by molar-refractivity contribution is 0.415. The Kier molecular flexibility index (Phi) is 4.62. The van der Waals surface area contributed by atoms with Gasteiger partial charge >= 0.3 is 0 Å². The minimum atomic E-state index is -2.28. The second-order valence-corrected chi connectivity index (χ2v) is 3.62. The van der Waals surface area contributed by atoms with Crippen LogP contribution in [0.2, 0.25) is 0 Å². The Morgan fingerprint density at radius 3 is 2.62 bits per heavy atom. The molecule has 0 aliphatic rings. The maximum atomic E-state index is 10.4. The van der Waals surface area contributed by atoms with Crippen LogP contribution in [0.25, 0.3) is 0 Å². The average Bonchev–Trinajstić information content (AvgIpc) is 2.29. The summed E-state index contributed by atoms with van der Waals surface area (Å²) in [5, 5.41) is 6.47. The topological polar surface area (TPSA) is 97.3 Å². The number of hydrogen-bond donors (Lipinski definition) is 2. The van der Waals surface area contributed by atoms with Crippen LogP contribution >= 0.6 is 0 Å². The summed E-state index contributed by atoms with van der Waals surface area (Å²) < 4.78 is 23.9. The minimum absolute atomic E-state index is 0.440. The summed E-state index contributed by atoms with van der Waals surface area (Å²) in [6.45, 7) is 0. The number of hydrogen-bond acceptors (Lipinski definition) is 4. The highest BCUT2D eigenvalue weighted by Gasteiger charge is 1.97. The fourth-order valence-corrected chi connectivity index (χ4v) is 0.994. The van der Waals surface area contributed by atoms with E-state index in [4.69, 9.17) is 15.0 Å². The Labute approximate surface area is 95.1 Å². The molecular weight excluding hydrogens is 230 g/mol. The molecule has 0 aliphatic carbocycles. The SMILES string of the molecule is COc1ccc(/C=N/N=C(\N)S(=O)O)cc1. The smallest absolute Gasteiger partial charge is 0.238 e. The molecule has 1 atom stereocenters. The second kappa shape index (κ2) is 5.99. The van der Waals surface area contributed by atoms with Gasteiger partial charge in [-0.3, -0.25) is 4.55 Å². The normalized spacial score (nSPS) is 14.0. The zero-order valence-corrected chi connectivity index (χ0v) is 9.35. The third-order valence-corrected chi connectivity index (χ3v) is 2.10. The summed E-state index contributed by atoms with van der Waals surface area (Å²) in [4.78, 5) is 0. The van der Waals surface area contributed by atoms with Crippen molar-refractivity contribution in [1.29, 1.82) is 0 Å². The highest BCUT2D eigenvalue weighted by Crippen LogP contribution is 2.09. The van der Waals surface area contributed by atoms with Crippen LogP contribution in [0.1, 0.15) is 5.56 Å². The van der Waals surface area contributed by atoms with Gasteiger partial charge in [0.05, 0.1) is 13.3 Å². The summed E-state index contributed by atoms with van der Waals surface area (Å²) in [7, 11) is 1.57. The summed E-state index contributed by atoms with van der Waals surface area (Å²) in [6.07, 6.45) is 1.42. The number of nitrogens with zero attached hydrogens (tertiary/aromatic N) is 2. The third-order valence-electron chi connectivity index (χ3n) is 1.66. The van der Waals surface area contributed by atoms with Gasteiger partial charge in [0.2, 0.25) is 16.2 Å². The minimum Gasteiger partial charge on any atom is -0.497 e. The van der Waals surface area contributed by atoms with Crippen LogP contribution in [0.3, 0.4) is 0 Å². The standard InChI is InChI=1S/C9H11N3O3S/c1-15-8-4-2-7(3-5-8)6-11-12-9(10)16(13)14/h2-6H,1H3,(H2,10,12)(H,13,14)/b11-6+. The van der Waals surface area contributed by atoms with Crippen molar-refractivity contribution in [1.82, 2.24) is 0 Å². The molecule has 3 N–H and O–H groups in total. The number of benzene rings is 1. The van der Waals surface area contributed by atoms with E-state index in [2.05, 4.69) is 10.2 Å². The second-order valence-electron chi connectivity index (χ2n) is 2.71. The monoisotopic (exact) mass is 241 g/mol. The first-order valence-electron chi connectivity index (χ1n) is 4.25. The van der Waals surface area contributed by atoms with Crippen molar-refractivity contribution in [2.75, 3.05) is 7.11 Å². The molecule has 1 aromatic carbocycles. The number of ether oxygens (including phenoxy) is 1. The first-order chi connectivity index (χ1) is 7.63. The summed E-state index contributed by atoms with van der Waals surface area (Å²) in [5.41, 5.74) is 5.87. The van der Waals surface area contributed by atoms with Gasteiger partial charge in [-0.15, -0.1) is 5.10 Å². The van der Waals surface area contributed by atoms with Gasteiger partial charge < -0.3 is 10.5 Å². The number of nitrogens with two attached hydrogens (primary N) is 1. The van der Waals surface area contributed by atoms with E-state index in [1.54, 1.807) is 31.4 Å². The lowest BCUT2D eigenvalue weighted by atomic mass is 10.2. The van der Waals surface area contributed by atoms with Gasteiger partial charge in [0, 0.05) is 0 Å². The molecule has 6 nitrogen and oxygen atoms in total. The molecule has 86 valence electrons. The van der Waals surface area contributed by atoms with Crippen LogP contribution in [0.5, 0.6) is 5.75 Å². The number of methoxy groups -OCH3 is 1. The molecular formula is C9H11N3O3S. The van der Waals surface area contributed by atoms with Crippen LogP contribution in [0.15, 0.2) is 34.5 Å². The summed E-state index contributed by atoms with van der Waals surface area (Å²) in [5.74, 6) is 0.733. The zero-order valence-electron chi connectivity index (χ0n) is 8.53. The van der Waals surface area contributed by atoms with Gasteiger partial charge in [-0.05, 0) is 29.8 Å². The molecule has 0 amide bonds. The molecule has 0 aromatic heterocycles. The Bertz CT molecular complexity index is 428. The molecule has 7 heteroatoms. The van der Waals surface area contributed by atoms with Gasteiger partial charge in [0.25, 0.3) is 0 Å². The third kappa shape index (κ3) is 3.79. The molecule has 1 aromatic rings. The molecule has 0 aliphatic heterocycles. The number of amidine groups is 1. The van der Waals surface area contributed by atoms with Crippen molar-refractivity contribution in [2.24, 2.45) is 15.9 Å². The molecule has 0 spiro atoms. The van der Waals surface area contributed by atoms with Crippen molar-refractivity contribution in [2.45, 2.75) is 0 Å². The fourth-order valence-electron chi connectivity index (χ4n) is 0.877. The van der Waals surface area contributed by atoms with E-state index in [1.165, 1.54) is 6.21 Å². The van der Waals surface area contributed by atoms with Crippen LogP contribution in [0.4, 0.5) is 0 Å². The lowest BCUT2D eigenvalue weighted by Gasteiger charge is -1.97. The van der Waals surface area contributed by atoms with Gasteiger partial charge in [-0.2, -0.15) is 5.10 Å². The van der Waals surface area contributed by atoms with Gasteiger partial charge in [-0.1, -0.05) is 0 Å². The molecule has 1 unspecified atom stereocenters. The molecule has 0 saturated carbocycles. The first-order valence-corrected chi connectivity index (χ1v) is 5.35. The molecule has 0 bridgehead atoms. The Morgan fingerprint density at radius 1 is 1.50 bits per heavy atom. The van der Waals surface area contributed by atoms with E-state index < -0.39 is 16.2 Å². The average molecular weight is 241 g/mol. The first kappa shape index (κ1) is 12.3. The van der Waals surface area contributed by atoms with Crippen molar-refractivity contribution in [3.63, 3.8) is 0 Å². The molecule has 16 heavy (non-hydrogen) atoms. The maximum Gasteiger partial charge on any atom is 0.238 e. The van der Waals surface area contributed by atoms with Gasteiger partial charge in [0.1, 0.15) is 5.75 Å². The molecule has 0 fully saturated rings. The highest BCUT2D eigenvalue weighted by molar-refractivity contribution is 7.95. The fraction of sp³-hybridized carbons (Fsp3) is 0.111. The van der Waals surface area contributed by atoms with E-state index in [9.17, 15) is 4.21 Å². The molecule has 0 radical (unpaired) electrons. The maximum absolute atomic E-state index is 10.4. The highest BCUT2D eigenvalue weighted by atomic mass is 32.2. The molecule has 0 heterocycles. The lowest BCUT2D eigenvalue weighted by Crippen LogP contribution is -2.16. The summed E-state index contributed by atoms with van der Waals surface area (Å²) >= 11 is -2.28. The van der Waals surface area contributed by atoms with Gasteiger partial charge in [-0.25, -0.2) is 4.21 Å². The van der Waals surface area contributed by atoms with Crippen molar-refractivity contribution in [3.8, 4) is 5.75 Å². The van der Waals surface area contributed by atoms with E-state index in [-0.39, 0.29) is 0 Å². The van der Waals surface area contributed by atoms with Crippen LogP contribution < -0.4 is 10.5 Å². The van der Waals surface area contributed by atoms with Crippen molar-refractivity contribution < 1.29 is 13.5 Å². The molecule has 0 saturated heterocycles. The van der Waals surface area contributed by atoms with E-state index in [0.29, 0.717) is 0 Å². The van der Waals surface area contributed by atoms with Crippen LogP contribution in [-0.2, 0) is 11.1 Å². The van der Waals surface area contributed by atoms with E-state index >= 15 is 0 Å². The molecule has 1 rings (SSSR count). The van der Waals surface area contributed by atoms with Crippen molar-refractivity contribution >= 4 is 22.5 Å². The van der Waals surface area contributed by atoms with Gasteiger partial charge in [0.15, 0.2) is 0 Å². The van der Waals surface area contributed by atoms with E-state index in [0.717, 1.165) is 11.3 Å². The largest absolute Gasteiger partial charge is 0.497 e. The Balaban J connectivity index is 2.69. The van der Waals surface area contributed by atoms with Crippen LogP contribution in [0, 0.1) is 0 Å². The Morgan fingerprint density at radius 2 is 2.12 bits per heavy atom. The predicted molar refractivity (Wildman–Crippen MR) is 63.0 cm³/mol. The Hall–Kier alpha value is -1.73. The quantitative estimate of drug-likeness (QED) is 0.350. The van der Waals surface area contributed by atoms with Crippen LogP contribution in [-0.4, -0.2) is 27.3 Å². The predicted octanol–water partition coefficient (Wildman–Crippen LogP) is 0.566. The van der Waals surface area contributed by atoms with E-state index in [1.807, 2.05) is 0 Å². The van der Waals surface area contributed by atoms with Crippen molar-refractivity contribution in [3.05, 3.63) is 29.8 Å². The number of rotatable bonds is 3.